The molecule has 5 nitrogen and oxygen atoms in total. The maximum Gasteiger partial charge on any atom is 0.241 e. The molecule has 0 aliphatic heterocycles. The van der Waals surface area contributed by atoms with Crippen molar-refractivity contribution in [1.29, 1.82) is 0 Å². The van der Waals surface area contributed by atoms with Crippen molar-refractivity contribution in [2.75, 3.05) is 13.7 Å². The van der Waals surface area contributed by atoms with Gasteiger partial charge in [-0.25, -0.2) is 0 Å². The van der Waals surface area contributed by atoms with Gasteiger partial charge in [0.1, 0.15) is 5.54 Å². The first-order valence-corrected chi connectivity index (χ1v) is 7.59. The molecule has 0 aromatic carbocycles. The molecule has 2 rings (SSSR count). The fourth-order valence-corrected chi connectivity index (χ4v) is 3.42. The van der Waals surface area contributed by atoms with Crippen molar-refractivity contribution >= 4 is 5.91 Å². The summed E-state index contributed by atoms with van der Waals surface area (Å²) in [6.45, 7) is 6.66. The monoisotopic (exact) mass is 284 g/mol. The van der Waals surface area contributed by atoms with Crippen LogP contribution in [0.1, 0.15) is 46.5 Å². The predicted molar refractivity (Wildman–Crippen MR) is 77.3 cm³/mol. The van der Waals surface area contributed by atoms with E-state index >= 15 is 0 Å². The Labute approximate surface area is 121 Å². The Bertz CT molecular complexity index is 372. The van der Waals surface area contributed by atoms with Gasteiger partial charge in [0.2, 0.25) is 5.91 Å². The highest BCUT2D eigenvalue weighted by Crippen LogP contribution is 2.50. The number of hydrogen-bond donors (Lipinski definition) is 2. The summed E-state index contributed by atoms with van der Waals surface area (Å²) in [4.78, 5) is 12.5. The lowest BCUT2D eigenvalue weighted by Gasteiger charge is -2.57. The molecule has 2 aliphatic carbocycles. The molecule has 3 N–H and O–H groups in total. The summed E-state index contributed by atoms with van der Waals surface area (Å²) in [5.41, 5.74) is 5.22. The number of nitrogens with two attached hydrogens (primary N) is 1. The molecule has 0 aromatic heterocycles. The third-order valence-electron chi connectivity index (χ3n) is 5.29. The highest BCUT2D eigenvalue weighted by Gasteiger charge is 2.63. The normalized spacial score (nSPS) is 39.4. The minimum atomic E-state index is -0.821. The summed E-state index contributed by atoms with van der Waals surface area (Å²) in [5.74, 6) is -0.0415. The van der Waals surface area contributed by atoms with Crippen molar-refractivity contribution < 1.29 is 14.3 Å². The third-order valence-corrected chi connectivity index (χ3v) is 5.29. The average molecular weight is 284 g/mol. The Hall–Kier alpha value is -0.650. The van der Waals surface area contributed by atoms with Crippen LogP contribution in [0.25, 0.3) is 0 Å². The van der Waals surface area contributed by atoms with Gasteiger partial charge in [0.15, 0.2) is 0 Å². The van der Waals surface area contributed by atoms with Crippen LogP contribution in [0, 0.1) is 5.41 Å². The summed E-state index contributed by atoms with van der Waals surface area (Å²) in [7, 11) is 1.72. The second-order valence-electron chi connectivity index (χ2n) is 6.68. The molecule has 0 heterocycles. The highest BCUT2D eigenvalue weighted by atomic mass is 16.5. The van der Waals surface area contributed by atoms with E-state index in [-0.39, 0.29) is 29.6 Å². The molecule has 4 atom stereocenters. The molecule has 5 heteroatoms. The molecular formula is C15H28N2O3. The van der Waals surface area contributed by atoms with Crippen LogP contribution in [-0.4, -0.2) is 43.4 Å². The van der Waals surface area contributed by atoms with Crippen LogP contribution in [0.5, 0.6) is 0 Å². The van der Waals surface area contributed by atoms with Crippen molar-refractivity contribution in [2.45, 2.75) is 70.2 Å². The Kier molecular flexibility index (Phi) is 4.42. The van der Waals surface area contributed by atoms with Gasteiger partial charge < -0.3 is 20.5 Å². The first-order valence-electron chi connectivity index (χ1n) is 7.59. The summed E-state index contributed by atoms with van der Waals surface area (Å²) < 4.78 is 11.0. The van der Waals surface area contributed by atoms with Crippen LogP contribution in [0.3, 0.4) is 0 Å². The zero-order valence-corrected chi connectivity index (χ0v) is 13.1. The van der Waals surface area contributed by atoms with Gasteiger partial charge in [-0.15, -0.1) is 0 Å². The molecule has 116 valence electrons. The number of nitrogens with one attached hydrogen (secondary N) is 1. The molecule has 0 saturated heterocycles. The molecule has 0 bridgehead atoms. The van der Waals surface area contributed by atoms with E-state index in [0.29, 0.717) is 13.0 Å². The van der Waals surface area contributed by atoms with E-state index in [4.69, 9.17) is 15.2 Å². The molecule has 4 unspecified atom stereocenters. The number of carbonyl (C=O) groups excluding carboxylic acids is 1. The quantitative estimate of drug-likeness (QED) is 0.795. The number of ether oxygens (including phenoxy) is 2. The second kappa shape index (κ2) is 5.62. The lowest BCUT2D eigenvalue weighted by atomic mass is 9.54. The molecule has 2 fully saturated rings. The van der Waals surface area contributed by atoms with E-state index in [9.17, 15) is 4.79 Å². The topological polar surface area (TPSA) is 73.6 Å². The minimum absolute atomic E-state index is 0.0415. The summed E-state index contributed by atoms with van der Waals surface area (Å²) >= 11 is 0. The smallest absolute Gasteiger partial charge is 0.241 e. The highest BCUT2D eigenvalue weighted by molar-refractivity contribution is 5.89. The van der Waals surface area contributed by atoms with Gasteiger partial charge in [0.05, 0.1) is 12.2 Å². The second-order valence-corrected chi connectivity index (χ2v) is 6.68. The third kappa shape index (κ3) is 2.47. The van der Waals surface area contributed by atoms with Gasteiger partial charge >= 0.3 is 0 Å². The average Bonchev–Trinajstić information content (AvgIpc) is 2.85. The van der Waals surface area contributed by atoms with Crippen molar-refractivity contribution in [3.05, 3.63) is 0 Å². The summed E-state index contributed by atoms with van der Waals surface area (Å²) in [6, 6.07) is 0.190. The standard InChI is InChI=1S/C15H28N2O3/c1-5-20-12-9-15(16,14(12,2)3)13(18)17-10-6-7-11(8-10)19-4/h10-12H,5-9,16H2,1-4H3,(H,17,18). The van der Waals surface area contributed by atoms with Crippen LogP contribution in [0.4, 0.5) is 0 Å². The molecule has 0 spiro atoms. The number of carbonyl (C=O) groups is 1. The van der Waals surface area contributed by atoms with Crippen LogP contribution in [0.15, 0.2) is 0 Å². The van der Waals surface area contributed by atoms with Gasteiger partial charge in [-0.3, -0.25) is 4.79 Å². The summed E-state index contributed by atoms with van der Waals surface area (Å²) in [6.07, 6.45) is 3.78. The van der Waals surface area contributed by atoms with Gasteiger partial charge in [-0.05, 0) is 26.2 Å². The van der Waals surface area contributed by atoms with Gasteiger partial charge in [0, 0.05) is 31.6 Å². The van der Waals surface area contributed by atoms with Crippen LogP contribution >= 0.6 is 0 Å². The van der Waals surface area contributed by atoms with Gasteiger partial charge in [-0.1, -0.05) is 13.8 Å². The van der Waals surface area contributed by atoms with Crippen LogP contribution in [0.2, 0.25) is 0 Å². The predicted octanol–water partition coefficient (Wildman–Crippen LogP) is 1.20. The Morgan fingerprint density at radius 1 is 1.40 bits per heavy atom. The van der Waals surface area contributed by atoms with Gasteiger partial charge in [-0.2, -0.15) is 0 Å². The molecule has 1 amide bonds. The van der Waals surface area contributed by atoms with Gasteiger partial charge in [0.25, 0.3) is 0 Å². The van der Waals surface area contributed by atoms with E-state index < -0.39 is 5.54 Å². The fraction of sp³-hybridized carbons (Fsp3) is 0.933. The Morgan fingerprint density at radius 3 is 2.60 bits per heavy atom. The lowest BCUT2D eigenvalue weighted by Crippen LogP contribution is -2.76. The van der Waals surface area contributed by atoms with E-state index in [2.05, 4.69) is 5.32 Å². The molecule has 20 heavy (non-hydrogen) atoms. The molecular weight excluding hydrogens is 256 g/mol. The van der Waals surface area contributed by atoms with Crippen molar-refractivity contribution in [3.8, 4) is 0 Å². The van der Waals surface area contributed by atoms with E-state index in [1.165, 1.54) is 0 Å². The summed E-state index contributed by atoms with van der Waals surface area (Å²) in [5, 5.41) is 3.10. The number of amides is 1. The Balaban J connectivity index is 1.93. The zero-order valence-electron chi connectivity index (χ0n) is 13.1. The molecule has 0 aromatic rings. The Morgan fingerprint density at radius 2 is 2.10 bits per heavy atom. The van der Waals surface area contributed by atoms with Crippen molar-refractivity contribution in [3.63, 3.8) is 0 Å². The van der Waals surface area contributed by atoms with Crippen molar-refractivity contribution in [2.24, 2.45) is 11.1 Å². The molecule has 2 aliphatic rings. The number of methoxy groups -OCH3 is 1. The van der Waals surface area contributed by atoms with Crippen molar-refractivity contribution in [1.82, 2.24) is 5.32 Å². The lowest BCUT2D eigenvalue weighted by molar-refractivity contribution is -0.171. The SMILES string of the molecule is CCOC1CC(N)(C(=O)NC2CCC(OC)C2)C1(C)C. The van der Waals surface area contributed by atoms with Crippen LogP contribution in [-0.2, 0) is 14.3 Å². The maximum atomic E-state index is 12.5. The molecule has 2 saturated carbocycles. The largest absolute Gasteiger partial charge is 0.381 e. The number of hydrogen-bond acceptors (Lipinski definition) is 4. The van der Waals surface area contributed by atoms with Crippen LogP contribution < -0.4 is 11.1 Å². The maximum absolute atomic E-state index is 12.5. The number of rotatable bonds is 5. The fourth-order valence-electron chi connectivity index (χ4n) is 3.42. The minimum Gasteiger partial charge on any atom is -0.381 e. The van der Waals surface area contributed by atoms with E-state index in [1.54, 1.807) is 7.11 Å². The first kappa shape index (κ1) is 15.7. The van der Waals surface area contributed by atoms with E-state index in [1.807, 2.05) is 20.8 Å². The zero-order chi connectivity index (χ0) is 15.0. The van der Waals surface area contributed by atoms with E-state index in [0.717, 1.165) is 19.3 Å². The first-order chi connectivity index (χ1) is 9.35. The molecule has 0 radical (unpaired) electrons.